The van der Waals surface area contributed by atoms with E-state index in [0.29, 0.717) is 27.2 Å². The fraction of sp³-hybridized carbons (Fsp3) is 0.0667. The van der Waals surface area contributed by atoms with Crippen molar-refractivity contribution in [1.82, 2.24) is 4.98 Å². The zero-order valence-electron chi connectivity index (χ0n) is 10.6. The highest BCUT2D eigenvalue weighted by Gasteiger charge is 2.13. The van der Waals surface area contributed by atoms with E-state index in [9.17, 15) is 4.79 Å². The van der Waals surface area contributed by atoms with Gasteiger partial charge in [0.05, 0.1) is 23.6 Å². The molecule has 0 saturated carbocycles. The normalized spacial score (nSPS) is 10.7. The first-order valence-corrected chi connectivity index (χ1v) is 6.30. The second-order valence-electron chi connectivity index (χ2n) is 4.17. The number of nitrogens with zero attached hydrogens (tertiary/aromatic N) is 1. The molecule has 5 heteroatoms. The van der Waals surface area contributed by atoms with Crippen molar-refractivity contribution in [2.75, 3.05) is 7.11 Å². The van der Waals surface area contributed by atoms with Crippen LogP contribution < -0.4 is 10.4 Å². The molecule has 0 N–H and O–H groups in total. The number of benzene rings is 2. The maximum atomic E-state index is 12.0. The van der Waals surface area contributed by atoms with Crippen LogP contribution in [-0.4, -0.2) is 12.1 Å². The predicted octanol–water partition coefficient (Wildman–Crippen LogP) is 3.52. The molecule has 0 aliphatic rings. The fourth-order valence-electron chi connectivity index (χ4n) is 1.98. The van der Waals surface area contributed by atoms with Crippen molar-refractivity contribution in [2.24, 2.45) is 0 Å². The lowest BCUT2D eigenvalue weighted by atomic mass is 10.2. The summed E-state index contributed by atoms with van der Waals surface area (Å²) in [4.78, 5) is 16.3. The third kappa shape index (κ3) is 2.14. The number of aromatic nitrogens is 1. The number of hydrogen-bond donors (Lipinski definition) is 0. The van der Waals surface area contributed by atoms with Crippen LogP contribution in [0, 0.1) is 0 Å². The molecule has 0 saturated heterocycles. The van der Waals surface area contributed by atoms with Crippen LogP contribution in [0.25, 0.3) is 22.4 Å². The standard InChI is InChI=1S/C15H10ClNO3/c1-19-13-7-6-9(16)8-11(13)14-17-12-5-3-2-4-10(12)15(18)20-14/h2-8H,1H3. The van der Waals surface area contributed by atoms with Crippen molar-refractivity contribution < 1.29 is 9.15 Å². The molecule has 0 amide bonds. The van der Waals surface area contributed by atoms with Gasteiger partial charge in [0.1, 0.15) is 5.75 Å². The molecular weight excluding hydrogens is 278 g/mol. The minimum absolute atomic E-state index is 0.188. The predicted molar refractivity (Wildman–Crippen MR) is 77.3 cm³/mol. The van der Waals surface area contributed by atoms with E-state index in [2.05, 4.69) is 4.98 Å². The Kier molecular flexibility index (Phi) is 3.16. The van der Waals surface area contributed by atoms with Crippen LogP contribution >= 0.6 is 11.6 Å². The lowest BCUT2D eigenvalue weighted by molar-refractivity contribution is 0.413. The number of hydrogen-bond acceptors (Lipinski definition) is 4. The Morgan fingerprint density at radius 3 is 2.80 bits per heavy atom. The number of fused-ring (bicyclic) bond motifs is 1. The van der Waals surface area contributed by atoms with Crippen molar-refractivity contribution in [1.29, 1.82) is 0 Å². The van der Waals surface area contributed by atoms with Gasteiger partial charge in [-0.25, -0.2) is 9.78 Å². The lowest BCUT2D eigenvalue weighted by Crippen LogP contribution is -2.03. The number of rotatable bonds is 2. The van der Waals surface area contributed by atoms with Crippen molar-refractivity contribution in [2.45, 2.75) is 0 Å². The summed E-state index contributed by atoms with van der Waals surface area (Å²) in [5, 5.41) is 0.954. The van der Waals surface area contributed by atoms with Gasteiger partial charge in [0.2, 0.25) is 5.89 Å². The summed E-state index contributed by atoms with van der Waals surface area (Å²) in [7, 11) is 1.53. The molecule has 0 bridgehead atoms. The molecule has 4 nitrogen and oxygen atoms in total. The molecule has 0 spiro atoms. The molecule has 3 aromatic rings. The molecule has 20 heavy (non-hydrogen) atoms. The van der Waals surface area contributed by atoms with Gasteiger partial charge >= 0.3 is 5.63 Å². The molecule has 0 fully saturated rings. The number of methoxy groups -OCH3 is 1. The Bertz CT molecular complexity index is 842. The monoisotopic (exact) mass is 287 g/mol. The molecule has 100 valence electrons. The van der Waals surface area contributed by atoms with Crippen LogP contribution in [0.3, 0.4) is 0 Å². The number of halogens is 1. The molecule has 1 heterocycles. The first-order valence-electron chi connectivity index (χ1n) is 5.93. The van der Waals surface area contributed by atoms with E-state index in [1.165, 1.54) is 7.11 Å². The van der Waals surface area contributed by atoms with Crippen LogP contribution in [0.5, 0.6) is 5.75 Å². The highest BCUT2D eigenvalue weighted by molar-refractivity contribution is 6.30. The Balaban J connectivity index is 2.30. The Hall–Kier alpha value is -2.33. The van der Waals surface area contributed by atoms with Gasteiger partial charge in [-0.15, -0.1) is 0 Å². The Morgan fingerprint density at radius 2 is 2.00 bits per heavy atom. The zero-order valence-corrected chi connectivity index (χ0v) is 11.3. The minimum Gasteiger partial charge on any atom is -0.496 e. The molecule has 1 aromatic heterocycles. The van der Waals surface area contributed by atoms with Gasteiger partial charge in [-0.3, -0.25) is 0 Å². The van der Waals surface area contributed by atoms with Crippen LogP contribution in [-0.2, 0) is 0 Å². The van der Waals surface area contributed by atoms with Crippen molar-refractivity contribution >= 4 is 22.5 Å². The lowest BCUT2D eigenvalue weighted by Gasteiger charge is -2.07. The van der Waals surface area contributed by atoms with Crippen LogP contribution in [0.2, 0.25) is 5.02 Å². The molecule has 2 aromatic carbocycles. The topological polar surface area (TPSA) is 52.3 Å². The smallest absolute Gasteiger partial charge is 0.347 e. The third-order valence-electron chi connectivity index (χ3n) is 2.93. The number of para-hydroxylation sites is 1. The first kappa shape index (κ1) is 12.7. The van der Waals surface area contributed by atoms with E-state index in [1.54, 1.807) is 36.4 Å². The molecule has 0 radical (unpaired) electrons. The summed E-state index contributed by atoms with van der Waals surface area (Å²) in [5.41, 5.74) is 0.677. The van der Waals surface area contributed by atoms with E-state index in [-0.39, 0.29) is 5.89 Å². The summed E-state index contributed by atoms with van der Waals surface area (Å²) in [6.07, 6.45) is 0. The zero-order chi connectivity index (χ0) is 14.1. The van der Waals surface area contributed by atoms with Crippen LogP contribution in [0.4, 0.5) is 0 Å². The van der Waals surface area contributed by atoms with E-state index < -0.39 is 5.63 Å². The molecule has 0 aliphatic carbocycles. The van der Waals surface area contributed by atoms with E-state index in [4.69, 9.17) is 20.8 Å². The maximum Gasteiger partial charge on any atom is 0.347 e. The summed E-state index contributed by atoms with van der Waals surface area (Å²) < 4.78 is 10.5. The van der Waals surface area contributed by atoms with Gasteiger partial charge in [-0.2, -0.15) is 0 Å². The van der Waals surface area contributed by atoms with Crippen LogP contribution in [0.1, 0.15) is 0 Å². The summed E-state index contributed by atoms with van der Waals surface area (Å²) in [6, 6.07) is 12.1. The van der Waals surface area contributed by atoms with Gasteiger partial charge < -0.3 is 9.15 Å². The van der Waals surface area contributed by atoms with Gasteiger partial charge in [0, 0.05) is 5.02 Å². The molecule has 0 atom stereocenters. The summed E-state index contributed by atoms with van der Waals surface area (Å²) in [5.74, 6) is 0.730. The second kappa shape index (κ2) is 4.98. The molecule has 0 aliphatic heterocycles. The van der Waals surface area contributed by atoms with Crippen molar-refractivity contribution in [3.8, 4) is 17.2 Å². The number of ether oxygens (including phenoxy) is 1. The van der Waals surface area contributed by atoms with E-state index in [0.717, 1.165) is 0 Å². The van der Waals surface area contributed by atoms with Gasteiger partial charge in [0.15, 0.2) is 0 Å². The van der Waals surface area contributed by atoms with E-state index in [1.807, 2.05) is 6.07 Å². The van der Waals surface area contributed by atoms with E-state index >= 15 is 0 Å². The second-order valence-corrected chi connectivity index (χ2v) is 4.60. The van der Waals surface area contributed by atoms with Crippen LogP contribution in [0.15, 0.2) is 51.7 Å². The van der Waals surface area contributed by atoms with Crippen molar-refractivity contribution in [3.05, 3.63) is 57.9 Å². The van der Waals surface area contributed by atoms with Gasteiger partial charge in [-0.05, 0) is 30.3 Å². The molecular formula is C15H10ClNO3. The molecule has 0 unspecified atom stereocenters. The highest BCUT2D eigenvalue weighted by atomic mass is 35.5. The SMILES string of the molecule is COc1ccc(Cl)cc1-c1nc2ccccc2c(=O)o1. The Labute approximate surface area is 119 Å². The maximum absolute atomic E-state index is 12.0. The quantitative estimate of drug-likeness (QED) is 0.724. The Morgan fingerprint density at radius 1 is 1.20 bits per heavy atom. The summed E-state index contributed by atoms with van der Waals surface area (Å²) in [6.45, 7) is 0. The summed E-state index contributed by atoms with van der Waals surface area (Å²) >= 11 is 5.98. The largest absolute Gasteiger partial charge is 0.496 e. The molecule has 3 rings (SSSR count). The van der Waals surface area contributed by atoms with Gasteiger partial charge in [0.25, 0.3) is 0 Å². The first-order chi connectivity index (χ1) is 9.69. The van der Waals surface area contributed by atoms with Gasteiger partial charge in [-0.1, -0.05) is 23.7 Å². The minimum atomic E-state index is -0.437. The average Bonchev–Trinajstić information content (AvgIpc) is 2.47. The van der Waals surface area contributed by atoms with Crippen molar-refractivity contribution in [3.63, 3.8) is 0 Å². The highest BCUT2D eigenvalue weighted by Crippen LogP contribution is 2.31. The fourth-order valence-corrected chi connectivity index (χ4v) is 2.15. The average molecular weight is 288 g/mol. The third-order valence-corrected chi connectivity index (χ3v) is 3.16.